The molecule has 3 heterocycles. The molecule has 2 fully saturated rings. The minimum Gasteiger partial charge on any atom is -0.387 e. The Morgan fingerprint density at radius 2 is 1.59 bits per heavy atom. The van der Waals surface area contributed by atoms with Gasteiger partial charge in [0.15, 0.2) is 6.29 Å². The molecule has 2 unspecified atom stereocenters. The SMILES string of the molecule is Cc1cn([C@H]2C[C@H](N=[N+]=[N-])[C@@H](COP(=O)(OCCCCCCCCN(C)CCN(C)C)OC[C@H]3OC(O)[C@H](O)[C@@H](O)[C@@H]3O)O2)c(=O)[nH]c1=O. The molecule has 19 nitrogen and oxygen atoms in total. The van der Waals surface area contributed by atoms with Crippen molar-refractivity contribution in [2.45, 2.75) is 101 Å². The van der Waals surface area contributed by atoms with E-state index >= 15 is 0 Å². The van der Waals surface area contributed by atoms with Gasteiger partial charge < -0.3 is 39.7 Å². The number of aryl methyl sites for hydroxylation is 1. The van der Waals surface area contributed by atoms with Gasteiger partial charge in [0.1, 0.15) is 30.6 Å². The molecule has 20 heteroatoms. The molecule has 49 heavy (non-hydrogen) atoms. The number of aliphatic hydroxyl groups excluding tert-OH is 4. The van der Waals surface area contributed by atoms with Crippen molar-refractivity contribution >= 4 is 7.82 Å². The summed E-state index contributed by atoms with van der Waals surface area (Å²) in [5.74, 6) is 0. The number of phosphoric acid groups is 1. The third kappa shape index (κ3) is 12.8. The third-order valence-corrected chi connectivity index (χ3v) is 9.88. The van der Waals surface area contributed by atoms with Gasteiger partial charge in [0.25, 0.3) is 5.56 Å². The lowest BCUT2D eigenvalue weighted by Gasteiger charge is -2.38. The van der Waals surface area contributed by atoms with Gasteiger partial charge in [-0.05, 0) is 53.0 Å². The number of nitrogens with one attached hydrogen (secondary N) is 1. The summed E-state index contributed by atoms with van der Waals surface area (Å²) in [5.41, 5.74) is 8.09. The first-order valence-electron chi connectivity index (χ1n) is 16.5. The van der Waals surface area contributed by atoms with Crippen LogP contribution in [0.2, 0.25) is 0 Å². The van der Waals surface area contributed by atoms with Gasteiger partial charge in [-0.3, -0.25) is 27.9 Å². The first-order valence-corrected chi connectivity index (χ1v) is 18.0. The average molecular weight is 722 g/mol. The second-order valence-corrected chi connectivity index (χ2v) is 14.4. The number of H-pyrrole nitrogens is 1. The van der Waals surface area contributed by atoms with E-state index in [1.54, 1.807) is 0 Å². The van der Waals surface area contributed by atoms with Crippen molar-refractivity contribution in [1.82, 2.24) is 19.4 Å². The van der Waals surface area contributed by atoms with Crippen molar-refractivity contribution in [1.29, 1.82) is 0 Å². The highest BCUT2D eigenvalue weighted by Gasteiger charge is 2.45. The van der Waals surface area contributed by atoms with Gasteiger partial charge in [-0.2, -0.15) is 0 Å². The van der Waals surface area contributed by atoms with Crippen LogP contribution in [-0.2, 0) is 27.6 Å². The van der Waals surface area contributed by atoms with Crippen molar-refractivity contribution in [3.05, 3.63) is 43.0 Å². The van der Waals surface area contributed by atoms with Gasteiger partial charge >= 0.3 is 13.5 Å². The molecule has 0 bridgehead atoms. The van der Waals surface area contributed by atoms with Crippen LogP contribution in [0.15, 0.2) is 20.9 Å². The molecule has 2 aliphatic rings. The van der Waals surface area contributed by atoms with Crippen LogP contribution >= 0.6 is 7.82 Å². The van der Waals surface area contributed by atoms with Crippen LogP contribution in [0.1, 0.15) is 56.7 Å². The van der Waals surface area contributed by atoms with Gasteiger partial charge in [-0.25, -0.2) is 9.36 Å². The number of ether oxygens (including phenoxy) is 2. The highest BCUT2D eigenvalue weighted by molar-refractivity contribution is 7.48. The number of aliphatic hydroxyl groups is 4. The Bertz CT molecular complexity index is 1380. The lowest BCUT2D eigenvalue weighted by molar-refractivity contribution is -0.285. The first-order chi connectivity index (χ1) is 23.2. The number of aromatic nitrogens is 2. The fourth-order valence-electron chi connectivity index (χ4n) is 5.38. The van der Waals surface area contributed by atoms with Crippen LogP contribution in [0.3, 0.4) is 0 Å². The molecule has 9 atom stereocenters. The Hall–Kier alpha value is -2.22. The highest BCUT2D eigenvalue weighted by Crippen LogP contribution is 2.51. The van der Waals surface area contributed by atoms with Crippen LogP contribution in [-0.4, -0.2) is 143 Å². The summed E-state index contributed by atoms with van der Waals surface area (Å²) in [6.45, 7) is 3.43. The number of nitrogens with zero attached hydrogens (tertiary/aromatic N) is 6. The topological polar surface area (TPSA) is 254 Å². The third-order valence-electron chi connectivity index (χ3n) is 8.45. The lowest BCUT2D eigenvalue weighted by Crippen LogP contribution is -2.58. The molecule has 0 aromatic carbocycles. The molecular weight excluding hydrogens is 669 g/mol. The number of aromatic amines is 1. The van der Waals surface area contributed by atoms with Crippen molar-refractivity contribution in [3.63, 3.8) is 0 Å². The van der Waals surface area contributed by atoms with Crippen molar-refractivity contribution in [2.75, 3.05) is 60.6 Å². The molecule has 0 aliphatic carbocycles. The molecule has 0 saturated carbocycles. The molecule has 2 aliphatic heterocycles. The van der Waals surface area contributed by atoms with E-state index in [-0.39, 0.29) is 18.6 Å². The predicted molar refractivity (Wildman–Crippen MR) is 176 cm³/mol. The predicted octanol–water partition coefficient (Wildman–Crippen LogP) is 0.603. The van der Waals surface area contributed by atoms with Crippen LogP contribution in [0.5, 0.6) is 0 Å². The van der Waals surface area contributed by atoms with Crippen LogP contribution in [0, 0.1) is 6.92 Å². The maximum absolute atomic E-state index is 13.8. The molecular formula is C29H52N7O12P. The van der Waals surface area contributed by atoms with E-state index in [1.807, 2.05) is 0 Å². The van der Waals surface area contributed by atoms with Crippen LogP contribution in [0.4, 0.5) is 0 Å². The molecule has 0 spiro atoms. The number of likely N-dealkylation sites (N-methyl/N-ethyl adjacent to an activating group) is 2. The van der Waals surface area contributed by atoms with Gasteiger partial charge in [-0.15, -0.1) is 0 Å². The molecule has 280 valence electrons. The van der Waals surface area contributed by atoms with Gasteiger partial charge in [0.2, 0.25) is 0 Å². The molecule has 2 saturated heterocycles. The number of hydrogen-bond donors (Lipinski definition) is 5. The molecule has 1 aromatic rings. The number of rotatable bonds is 21. The Morgan fingerprint density at radius 1 is 0.939 bits per heavy atom. The minimum atomic E-state index is -4.43. The number of hydrogen-bond acceptors (Lipinski definition) is 15. The van der Waals surface area contributed by atoms with E-state index in [0.29, 0.717) is 6.42 Å². The first kappa shape index (κ1) is 41.2. The normalized spacial score (nSPS) is 28.5. The van der Waals surface area contributed by atoms with E-state index in [0.717, 1.165) is 56.3 Å². The van der Waals surface area contributed by atoms with Crippen LogP contribution in [0.25, 0.3) is 10.4 Å². The molecule has 3 rings (SSSR count). The number of phosphoric ester groups is 1. The second kappa shape index (κ2) is 20.0. The quantitative estimate of drug-likeness (QED) is 0.0383. The standard InChI is InChI=1S/C29H52N7O12P/c1-19-16-36(29(42)31-27(19)40)23-15-20(32-33-30)21(47-23)17-45-49(43,46-18-22-24(37)25(38)26(39)28(41)48-22)44-14-10-8-6-5-7-9-11-35(4)13-12-34(2)3/h16,20-26,28,37-39,41H,5-15,17-18H2,1-4H3,(H,31,40,42)/t20-,21+,22+,23+,24+,25-,26+,28?,49?/m0/s1. The summed E-state index contributed by atoms with van der Waals surface area (Å²) in [4.78, 5) is 33.7. The van der Waals surface area contributed by atoms with Gasteiger partial charge in [-0.1, -0.05) is 30.8 Å². The van der Waals surface area contributed by atoms with Crippen molar-refractivity contribution in [3.8, 4) is 0 Å². The number of unbranched alkanes of at least 4 members (excludes halogenated alkanes) is 5. The molecule has 5 N–H and O–H groups in total. The molecule has 0 amide bonds. The van der Waals surface area contributed by atoms with Crippen molar-refractivity contribution < 1.29 is 48.0 Å². The van der Waals surface area contributed by atoms with Crippen molar-refractivity contribution in [2.24, 2.45) is 5.11 Å². The Labute approximate surface area is 284 Å². The van der Waals surface area contributed by atoms with E-state index in [4.69, 9.17) is 28.6 Å². The van der Waals surface area contributed by atoms with Crippen LogP contribution < -0.4 is 11.2 Å². The van der Waals surface area contributed by atoms with E-state index in [1.165, 1.54) is 13.1 Å². The summed E-state index contributed by atoms with van der Waals surface area (Å²) in [5, 5.41) is 43.7. The van der Waals surface area contributed by atoms with E-state index < -0.39 is 81.4 Å². The molecule has 1 aromatic heterocycles. The fourth-order valence-corrected chi connectivity index (χ4v) is 6.62. The Morgan fingerprint density at radius 3 is 2.27 bits per heavy atom. The monoisotopic (exact) mass is 721 g/mol. The summed E-state index contributed by atoms with van der Waals surface area (Å²) in [6, 6.07) is -0.856. The van der Waals surface area contributed by atoms with Gasteiger partial charge in [0, 0.05) is 36.2 Å². The maximum Gasteiger partial charge on any atom is 0.474 e. The van der Waals surface area contributed by atoms with Gasteiger partial charge in [0.05, 0.1) is 32.0 Å². The summed E-state index contributed by atoms with van der Waals surface area (Å²) >= 11 is 0. The second-order valence-electron chi connectivity index (χ2n) is 12.8. The Kier molecular flexibility index (Phi) is 16.8. The number of azide groups is 1. The van der Waals surface area contributed by atoms with E-state index in [9.17, 15) is 34.6 Å². The largest absolute Gasteiger partial charge is 0.474 e. The zero-order chi connectivity index (χ0) is 36.1. The average Bonchev–Trinajstić information content (AvgIpc) is 3.46. The summed E-state index contributed by atoms with van der Waals surface area (Å²) in [7, 11) is 1.79. The maximum atomic E-state index is 13.8. The Balaban J connectivity index is 1.57. The summed E-state index contributed by atoms with van der Waals surface area (Å²) < 4.78 is 42.6. The molecule has 0 radical (unpaired) electrons. The summed E-state index contributed by atoms with van der Waals surface area (Å²) in [6.07, 6.45) is -3.57. The smallest absolute Gasteiger partial charge is 0.387 e. The zero-order valence-electron chi connectivity index (χ0n) is 28.6. The lowest BCUT2D eigenvalue weighted by atomic mass is 10.00. The highest BCUT2D eigenvalue weighted by atomic mass is 31.2. The zero-order valence-corrected chi connectivity index (χ0v) is 29.5. The minimum absolute atomic E-state index is 0.0113. The van der Waals surface area contributed by atoms with E-state index in [2.05, 4.69) is 46.0 Å². The fraction of sp³-hybridized carbons (Fsp3) is 0.862.